The Hall–Kier alpha value is -0.580. The zero-order valence-electron chi connectivity index (χ0n) is 11.7. The lowest BCUT2D eigenvalue weighted by Gasteiger charge is -2.28. The number of hydrogen-bond acceptors (Lipinski definition) is 2. The van der Waals surface area contributed by atoms with Gasteiger partial charge < -0.3 is 10.2 Å². The third-order valence-corrected chi connectivity index (χ3v) is 5.07. The van der Waals surface area contributed by atoms with Crippen LogP contribution in [0.15, 0.2) is 22.7 Å². The fourth-order valence-corrected chi connectivity index (χ4v) is 2.98. The van der Waals surface area contributed by atoms with E-state index in [1.165, 1.54) is 25.9 Å². The summed E-state index contributed by atoms with van der Waals surface area (Å²) < 4.78 is 0.752. The van der Waals surface area contributed by atoms with E-state index in [1.807, 2.05) is 0 Å². The van der Waals surface area contributed by atoms with E-state index in [0.717, 1.165) is 23.4 Å². The normalized spacial score (nSPS) is 17.1. The van der Waals surface area contributed by atoms with Gasteiger partial charge >= 0.3 is 0 Å². The summed E-state index contributed by atoms with van der Waals surface area (Å²) in [5.41, 5.74) is 0.643. The first-order chi connectivity index (χ1) is 9.56. The van der Waals surface area contributed by atoms with Crippen LogP contribution in [0, 0.1) is 5.92 Å². The van der Waals surface area contributed by atoms with Crippen LogP contribution in [0.1, 0.15) is 29.6 Å². The van der Waals surface area contributed by atoms with E-state index < -0.39 is 0 Å². The molecule has 1 aliphatic heterocycles. The monoisotopic (exact) mass is 358 g/mol. The number of halogens is 2. The van der Waals surface area contributed by atoms with Crippen LogP contribution < -0.4 is 5.32 Å². The van der Waals surface area contributed by atoms with Gasteiger partial charge in [0.2, 0.25) is 0 Å². The highest BCUT2D eigenvalue weighted by Gasteiger charge is 2.16. The average molecular weight is 360 g/mol. The molecule has 3 nitrogen and oxygen atoms in total. The van der Waals surface area contributed by atoms with E-state index in [1.54, 1.807) is 18.2 Å². The molecule has 0 atom stereocenters. The molecular weight excluding hydrogens is 340 g/mol. The Bertz CT molecular complexity index is 473. The molecule has 1 N–H and O–H groups in total. The Morgan fingerprint density at radius 3 is 2.80 bits per heavy atom. The van der Waals surface area contributed by atoms with Crippen LogP contribution in [-0.4, -0.2) is 37.5 Å². The maximum Gasteiger partial charge on any atom is 0.251 e. The number of hydrogen-bond donors (Lipinski definition) is 1. The van der Waals surface area contributed by atoms with Crippen molar-refractivity contribution in [2.24, 2.45) is 5.92 Å². The van der Waals surface area contributed by atoms with E-state index in [9.17, 15) is 4.79 Å². The number of carbonyl (C=O) groups is 1. The first-order valence-electron chi connectivity index (χ1n) is 6.98. The molecular formula is C15H20BrClN2O. The Kier molecular flexibility index (Phi) is 5.87. The van der Waals surface area contributed by atoms with Gasteiger partial charge in [0, 0.05) is 16.6 Å². The molecule has 0 radical (unpaired) electrons. The fraction of sp³-hybridized carbons (Fsp3) is 0.533. The molecule has 1 aliphatic rings. The largest absolute Gasteiger partial charge is 0.352 e. The van der Waals surface area contributed by atoms with E-state index >= 15 is 0 Å². The van der Waals surface area contributed by atoms with Gasteiger partial charge in [-0.3, -0.25) is 4.79 Å². The minimum atomic E-state index is -0.0321. The molecule has 0 bridgehead atoms. The van der Waals surface area contributed by atoms with Gasteiger partial charge in [-0.1, -0.05) is 11.6 Å². The molecule has 0 aromatic heterocycles. The zero-order valence-corrected chi connectivity index (χ0v) is 14.0. The van der Waals surface area contributed by atoms with Crippen molar-refractivity contribution in [1.82, 2.24) is 10.2 Å². The minimum Gasteiger partial charge on any atom is -0.352 e. The number of benzene rings is 1. The maximum atomic E-state index is 12.0. The summed E-state index contributed by atoms with van der Waals surface area (Å²) in [5.74, 6) is 0.707. The molecule has 0 spiro atoms. The van der Waals surface area contributed by atoms with Gasteiger partial charge in [0.25, 0.3) is 5.91 Å². The molecule has 2 rings (SSSR count). The Balaban J connectivity index is 1.76. The summed E-state index contributed by atoms with van der Waals surface area (Å²) in [5, 5.41) is 3.61. The second kappa shape index (κ2) is 7.43. The molecule has 1 aromatic rings. The second-order valence-corrected chi connectivity index (χ2v) is 6.68. The van der Waals surface area contributed by atoms with Crippen LogP contribution in [0.3, 0.4) is 0 Å². The summed E-state index contributed by atoms with van der Waals surface area (Å²) in [6.07, 6.45) is 3.53. The topological polar surface area (TPSA) is 32.3 Å². The minimum absolute atomic E-state index is 0.0321. The first-order valence-corrected chi connectivity index (χ1v) is 8.15. The second-order valence-electron chi connectivity index (χ2n) is 5.42. The molecule has 0 unspecified atom stereocenters. The van der Waals surface area contributed by atoms with Gasteiger partial charge in [-0.25, -0.2) is 0 Å². The van der Waals surface area contributed by atoms with Crippen LogP contribution in [0.4, 0.5) is 0 Å². The van der Waals surface area contributed by atoms with Crippen molar-refractivity contribution in [2.45, 2.75) is 19.3 Å². The van der Waals surface area contributed by atoms with E-state index in [-0.39, 0.29) is 5.91 Å². The average Bonchev–Trinajstić information content (AvgIpc) is 2.44. The molecule has 1 fully saturated rings. The molecule has 20 heavy (non-hydrogen) atoms. The van der Waals surface area contributed by atoms with E-state index in [0.29, 0.717) is 10.6 Å². The Labute approximate surface area is 133 Å². The van der Waals surface area contributed by atoms with Crippen molar-refractivity contribution < 1.29 is 4.79 Å². The fourth-order valence-electron chi connectivity index (χ4n) is 2.48. The van der Waals surface area contributed by atoms with Crippen molar-refractivity contribution in [3.63, 3.8) is 0 Å². The number of likely N-dealkylation sites (tertiary alicyclic amines) is 1. The summed E-state index contributed by atoms with van der Waals surface area (Å²) >= 11 is 9.25. The molecule has 1 amide bonds. The molecule has 5 heteroatoms. The third-order valence-electron chi connectivity index (χ3n) is 3.86. The van der Waals surface area contributed by atoms with Crippen LogP contribution in [0.5, 0.6) is 0 Å². The highest BCUT2D eigenvalue weighted by Crippen LogP contribution is 2.23. The number of piperidine rings is 1. The van der Waals surface area contributed by atoms with E-state index in [4.69, 9.17) is 11.6 Å². The highest BCUT2D eigenvalue weighted by molar-refractivity contribution is 9.10. The Morgan fingerprint density at radius 1 is 1.45 bits per heavy atom. The van der Waals surface area contributed by atoms with Gasteiger partial charge in [-0.05, 0) is 79.4 Å². The lowest BCUT2D eigenvalue weighted by atomic mass is 9.94. The maximum absolute atomic E-state index is 12.0. The quantitative estimate of drug-likeness (QED) is 0.891. The number of nitrogens with one attached hydrogen (secondary N) is 1. The summed E-state index contributed by atoms with van der Waals surface area (Å²) in [7, 11) is 2.16. The highest BCUT2D eigenvalue weighted by atomic mass is 79.9. The number of nitrogens with zero attached hydrogens (tertiary/aromatic N) is 1. The number of rotatable bonds is 4. The molecule has 110 valence electrons. The Morgan fingerprint density at radius 2 is 2.15 bits per heavy atom. The number of carbonyl (C=O) groups excluding carboxylic acids is 1. The van der Waals surface area contributed by atoms with Crippen LogP contribution in [-0.2, 0) is 0 Å². The molecule has 1 heterocycles. The molecule has 0 saturated carbocycles. The van der Waals surface area contributed by atoms with Gasteiger partial charge in [0.05, 0.1) is 5.02 Å². The van der Waals surface area contributed by atoms with Gasteiger partial charge in [-0.15, -0.1) is 0 Å². The SMILES string of the molecule is CN1CCC(CCNC(=O)c2ccc(Cl)c(Br)c2)CC1. The predicted octanol–water partition coefficient (Wildman–Crippen LogP) is 3.56. The first kappa shape index (κ1) is 15.8. The zero-order chi connectivity index (χ0) is 14.5. The molecule has 0 aliphatic carbocycles. The van der Waals surface area contributed by atoms with E-state index in [2.05, 4.69) is 33.2 Å². The summed E-state index contributed by atoms with van der Waals surface area (Å²) in [4.78, 5) is 14.4. The standard InChI is InChI=1S/C15H20BrClN2O/c1-19-8-5-11(6-9-19)4-7-18-15(20)12-2-3-14(17)13(16)10-12/h2-3,10-11H,4-9H2,1H3,(H,18,20). The van der Waals surface area contributed by atoms with Crippen LogP contribution in [0.2, 0.25) is 5.02 Å². The van der Waals surface area contributed by atoms with Gasteiger partial charge in [0.15, 0.2) is 0 Å². The van der Waals surface area contributed by atoms with Crippen molar-refractivity contribution in [3.05, 3.63) is 33.3 Å². The smallest absolute Gasteiger partial charge is 0.251 e. The van der Waals surface area contributed by atoms with Crippen molar-refractivity contribution in [2.75, 3.05) is 26.7 Å². The lowest BCUT2D eigenvalue weighted by Crippen LogP contribution is -2.32. The summed E-state index contributed by atoms with van der Waals surface area (Å²) in [6.45, 7) is 3.08. The number of amides is 1. The van der Waals surface area contributed by atoms with Crippen molar-refractivity contribution in [1.29, 1.82) is 0 Å². The summed E-state index contributed by atoms with van der Waals surface area (Å²) in [6, 6.07) is 5.24. The van der Waals surface area contributed by atoms with Crippen LogP contribution in [0.25, 0.3) is 0 Å². The van der Waals surface area contributed by atoms with Crippen molar-refractivity contribution in [3.8, 4) is 0 Å². The lowest BCUT2D eigenvalue weighted by molar-refractivity contribution is 0.0949. The van der Waals surface area contributed by atoms with Crippen LogP contribution >= 0.6 is 27.5 Å². The molecule has 1 saturated heterocycles. The third kappa shape index (κ3) is 4.47. The predicted molar refractivity (Wildman–Crippen MR) is 86.3 cm³/mol. The van der Waals surface area contributed by atoms with Gasteiger partial charge in [0.1, 0.15) is 0 Å². The van der Waals surface area contributed by atoms with Gasteiger partial charge in [-0.2, -0.15) is 0 Å². The van der Waals surface area contributed by atoms with Crippen molar-refractivity contribution >= 4 is 33.4 Å². The molecule has 1 aromatic carbocycles.